The first-order chi connectivity index (χ1) is 9.28. The highest BCUT2D eigenvalue weighted by Crippen LogP contribution is 2.31. The van der Waals surface area contributed by atoms with Gasteiger partial charge in [0.25, 0.3) is 0 Å². The van der Waals surface area contributed by atoms with E-state index >= 15 is 0 Å². The maximum Gasteiger partial charge on any atom is 0.123 e. The number of hydrogen-bond acceptors (Lipinski definition) is 1. The fourth-order valence-electron chi connectivity index (χ4n) is 2.84. The van der Waals surface area contributed by atoms with E-state index in [0.29, 0.717) is 6.04 Å². The average molecular weight is 255 g/mol. The van der Waals surface area contributed by atoms with Gasteiger partial charge in [-0.3, -0.25) is 0 Å². The summed E-state index contributed by atoms with van der Waals surface area (Å²) in [5, 5.41) is 3.67. The van der Waals surface area contributed by atoms with Crippen molar-refractivity contribution in [2.24, 2.45) is 0 Å². The highest BCUT2D eigenvalue weighted by Gasteiger charge is 2.25. The Labute approximate surface area is 113 Å². The number of nitrogens with one attached hydrogen (secondary N) is 1. The predicted octanol–water partition coefficient (Wildman–Crippen LogP) is 3.84. The molecule has 1 heterocycles. The lowest BCUT2D eigenvalue weighted by Crippen LogP contribution is -2.39. The molecule has 98 valence electrons. The third kappa shape index (κ3) is 2.41. The van der Waals surface area contributed by atoms with E-state index in [2.05, 4.69) is 36.5 Å². The van der Waals surface area contributed by atoms with Crippen molar-refractivity contribution in [3.05, 3.63) is 71.0 Å². The molecule has 3 rings (SSSR count). The van der Waals surface area contributed by atoms with Crippen molar-refractivity contribution in [3.63, 3.8) is 0 Å². The second-order valence-corrected chi connectivity index (χ2v) is 5.16. The van der Waals surface area contributed by atoms with Crippen molar-refractivity contribution in [2.75, 3.05) is 0 Å². The highest BCUT2D eigenvalue weighted by atomic mass is 19.1. The van der Waals surface area contributed by atoms with Gasteiger partial charge in [-0.1, -0.05) is 43.3 Å². The third-order valence-corrected chi connectivity index (χ3v) is 3.93. The first kappa shape index (κ1) is 12.4. The molecule has 0 bridgehead atoms. The maximum atomic E-state index is 13.1. The molecule has 0 aliphatic carbocycles. The SMILES string of the molecule is CCC1Cc2ccccc2C(c2ccc(F)cc2)N1. The molecule has 1 N–H and O–H groups in total. The molecule has 19 heavy (non-hydrogen) atoms. The van der Waals surface area contributed by atoms with E-state index in [-0.39, 0.29) is 11.9 Å². The molecule has 0 spiro atoms. The second-order valence-electron chi connectivity index (χ2n) is 5.16. The molecule has 1 aliphatic rings. The van der Waals surface area contributed by atoms with E-state index in [0.717, 1.165) is 18.4 Å². The Hall–Kier alpha value is -1.67. The summed E-state index contributed by atoms with van der Waals surface area (Å²) < 4.78 is 13.1. The van der Waals surface area contributed by atoms with Crippen LogP contribution < -0.4 is 5.32 Å². The summed E-state index contributed by atoms with van der Waals surface area (Å²) in [6.07, 6.45) is 2.18. The number of benzene rings is 2. The van der Waals surface area contributed by atoms with E-state index in [1.54, 1.807) is 0 Å². The average Bonchev–Trinajstić information content (AvgIpc) is 2.47. The zero-order valence-electron chi connectivity index (χ0n) is 11.1. The molecule has 2 heteroatoms. The number of halogens is 1. The number of hydrogen-bond donors (Lipinski definition) is 1. The lowest BCUT2D eigenvalue weighted by molar-refractivity contribution is 0.427. The Morgan fingerprint density at radius 3 is 2.58 bits per heavy atom. The summed E-state index contributed by atoms with van der Waals surface area (Å²) in [5.41, 5.74) is 3.85. The summed E-state index contributed by atoms with van der Waals surface area (Å²) in [5.74, 6) is -0.181. The molecule has 2 unspecified atom stereocenters. The largest absolute Gasteiger partial charge is 0.303 e. The zero-order chi connectivity index (χ0) is 13.2. The van der Waals surface area contributed by atoms with Gasteiger partial charge < -0.3 is 5.32 Å². The van der Waals surface area contributed by atoms with Gasteiger partial charge in [0.05, 0.1) is 6.04 Å². The summed E-state index contributed by atoms with van der Waals surface area (Å²) >= 11 is 0. The molecular weight excluding hydrogens is 237 g/mol. The predicted molar refractivity (Wildman–Crippen MR) is 75.6 cm³/mol. The van der Waals surface area contributed by atoms with Crippen molar-refractivity contribution >= 4 is 0 Å². The van der Waals surface area contributed by atoms with E-state index < -0.39 is 0 Å². The topological polar surface area (TPSA) is 12.0 Å². The van der Waals surface area contributed by atoms with Crippen molar-refractivity contribution in [1.29, 1.82) is 0 Å². The Balaban J connectivity index is 2.02. The van der Waals surface area contributed by atoms with E-state index in [9.17, 15) is 4.39 Å². The molecule has 0 fully saturated rings. The minimum Gasteiger partial charge on any atom is -0.303 e. The van der Waals surface area contributed by atoms with E-state index in [1.807, 2.05) is 12.1 Å². The molecule has 0 amide bonds. The van der Waals surface area contributed by atoms with Crippen LogP contribution in [0.5, 0.6) is 0 Å². The Morgan fingerprint density at radius 1 is 1.11 bits per heavy atom. The maximum absolute atomic E-state index is 13.1. The van der Waals surface area contributed by atoms with Crippen LogP contribution in [0.25, 0.3) is 0 Å². The monoisotopic (exact) mass is 255 g/mol. The Morgan fingerprint density at radius 2 is 1.84 bits per heavy atom. The smallest absolute Gasteiger partial charge is 0.123 e. The lowest BCUT2D eigenvalue weighted by atomic mass is 9.86. The van der Waals surface area contributed by atoms with Gasteiger partial charge in [0.1, 0.15) is 5.82 Å². The van der Waals surface area contributed by atoms with Gasteiger partial charge in [-0.25, -0.2) is 4.39 Å². The molecule has 2 aromatic rings. The van der Waals surface area contributed by atoms with Gasteiger partial charge in [-0.05, 0) is 41.7 Å². The van der Waals surface area contributed by atoms with Crippen LogP contribution in [0, 0.1) is 5.82 Å². The quantitative estimate of drug-likeness (QED) is 0.859. The third-order valence-electron chi connectivity index (χ3n) is 3.93. The van der Waals surface area contributed by atoms with Crippen LogP contribution in [0.15, 0.2) is 48.5 Å². The van der Waals surface area contributed by atoms with Crippen molar-refractivity contribution in [3.8, 4) is 0 Å². The summed E-state index contributed by atoms with van der Waals surface area (Å²) in [4.78, 5) is 0. The highest BCUT2D eigenvalue weighted by molar-refractivity contribution is 5.40. The second kappa shape index (κ2) is 5.14. The van der Waals surface area contributed by atoms with Gasteiger partial charge >= 0.3 is 0 Å². The van der Waals surface area contributed by atoms with Crippen LogP contribution in [0.4, 0.5) is 4.39 Å². The molecular formula is C17H18FN. The fraction of sp³-hybridized carbons (Fsp3) is 0.294. The Bertz CT molecular complexity index is 562. The minimum absolute atomic E-state index is 0.176. The first-order valence-corrected chi connectivity index (χ1v) is 6.87. The van der Waals surface area contributed by atoms with Crippen LogP contribution >= 0.6 is 0 Å². The number of rotatable bonds is 2. The lowest BCUT2D eigenvalue weighted by Gasteiger charge is -2.33. The summed E-state index contributed by atoms with van der Waals surface area (Å²) in [7, 11) is 0. The molecule has 0 aromatic heterocycles. The minimum atomic E-state index is -0.181. The van der Waals surface area contributed by atoms with Crippen LogP contribution in [-0.4, -0.2) is 6.04 Å². The molecule has 0 saturated carbocycles. The molecule has 0 radical (unpaired) electrons. The van der Waals surface area contributed by atoms with Gasteiger partial charge in [-0.15, -0.1) is 0 Å². The molecule has 1 nitrogen and oxygen atoms in total. The zero-order valence-corrected chi connectivity index (χ0v) is 11.1. The molecule has 1 aliphatic heterocycles. The van der Waals surface area contributed by atoms with Gasteiger partial charge in [0, 0.05) is 6.04 Å². The van der Waals surface area contributed by atoms with Gasteiger partial charge in [0.2, 0.25) is 0 Å². The molecule has 2 aromatic carbocycles. The number of fused-ring (bicyclic) bond motifs is 1. The fourth-order valence-corrected chi connectivity index (χ4v) is 2.84. The Kier molecular flexibility index (Phi) is 3.34. The normalized spacial score (nSPS) is 22.0. The van der Waals surface area contributed by atoms with E-state index in [4.69, 9.17) is 0 Å². The van der Waals surface area contributed by atoms with Crippen LogP contribution in [0.3, 0.4) is 0 Å². The first-order valence-electron chi connectivity index (χ1n) is 6.87. The van der Waals surface area contributed by atoms with Crippen molar-refractivity contribution in [2.45, 2.75) is 31.8 Å². The van der Waals surface area contributed by atoms with Crippen LogP contribution in [0.1, 0.15) is 36.1 Å². The van der Waals surface area contributed by atoms with Gasteiger partial charge in [-0.2, -0.15) is 0 Å². The van der Waals surface area contributed by atoms with E-state index in [1.165, 1.54) is 23.3 Å². The van der Waals surface area contributed by atoms with Crippen molar-refractivity contribution < 1.29 is 4.39 Å². The molecule has 0 saturated heterocycles. The summed E-state index contributed by atoms with van der Waals surface area (Å²) in [6.45, 7) is 2.20. The summed E-state index contributed by atoms with van der Waals surface area (Å²) in [6, 6.07) is 16.0. The standard InChI is InChI=1S/C17H18FN/c1-2-15-11-13-5-3-4-6-16(13)17(19-15)12-7-9-14(18)10-8-12/h3-10,15,17,19H,2,11H2,1H3. The van der Waals surface area contributed by atoms with Crippen molar-refractivity contribution in [1.82, 2.24) is 5.32 Å². The van der Waals surface area contributed by atoms with Crippen LogP contribution in [0.2, 0.25) is 0 Å². The van der Waals surface area contributed by atoms with Gasteiger partial charge in [0.15, 0.2) is 0 Å². The van der Waals surface area contributed by atoms with Crippen LogP contribution in [-0.2, 0) is 6.42 Å². The molecule has 2 atom stereocenters.